The number of carbonyl (C=O) groups is 1. The molecule has 2 rings (SSSR count). The van der Waals surface area contributed by atoms with Crippen LogP contribution in [0.5, 0.6) is 0 Å². The molecule has 5 nitrogen and oxygen atoms in total. The van der Waals surface area contributed by atoms with Crippen LogP contribution in [0.25, 0.3) is 0 Å². The number of hydrogen-bond acceptors (Lipinski definition) is 2. The minimum atomic E-state index is 0.0684. The molecule has 0 aromatic carbocycles. The molecule has 1 aliphatic heterocycles. The monoisotopic (exact) mass is 236 g/mol. The van der Waals surface area contributed by atoms with Crippen molar-refractivity contribution in [1.82, 2.24) is 19.8 Å². The molecular formula is C12H20N4O. The van der Waals surface area contributed by atoms with Crippen molar-refractivity contribution in [3.8, 4) is 0 Å². The highest BCUT2D eigenvalue weighted by Gasteiger charge is 2.15. The highest BCUT2D eigenvalue weighted by molar-refractivity contribution is 5.74. The normalized spacial score (nSPS) is 15.9. The number of aryl methyl sites for hydroxylation is 1. The van der Waals surface area contributed by atoms with Crippen LogP contribution < -0.4 is 5.32 Å². The van der Waals surface area contributed by atoms with E-state index in [0.29, 0.717) is 6.54 Å². The van der Waals surface area contributed by atoms with Gasteiger partial charge in [-0.1, -0.05) is 0 Å². The third-order valence-electron chi connectivity index (χ3n) is 3.19. The van der Waals surface area contributed by atoms with E-state index in [0.717, 1.165) is 38.2 Å². The Labute approximate surface area is 102 Å². The standard InChI is InChI=1S/C12H20N4O/c1-15-10-7-13-11(15)5-6-14-12(17)16-8-3-2-4-9-16/h7,10H,2-6,8-9H2,1H3,(H,14,17). The van der Waals surface area contributed by atoms with Crippen molar-refractivity contribution in [1.29, 1.82) is 0 Å². The molecule has 1 N–H and O–H groups in total. The van der Waals surface area contributed by atoms with Crippen LogP contribution in [0, 0.1) is 0 Å². The van der Waals surface area contributed by atoms with Crippen molar-refractivity contribution >= 4 is 6.03 Å². The SMILES string of the molecule is Cn1ccnc1CCNC(=O)N1CCCCC1. The van der Waals surface area contributed by atoms with Gasteiger partial charge in [-0.25, -0.2) is 9.78 Å². The van der Waals surface area contributed by atoms with Crippen molar-refractivity contribution in [2.75, 3.05) is 19.6 Å². The van der Waals surface area contributed by atoms with Gasteiger partial charge in [-0.15, -0.1) is 0 Å². The molecule has 17 heavy (non-hydrogen) atoms. The maximum absolute atomic E-state index is 11.8. The Balaban J connectivity index is 1.71. The molecule has 0 bridgehead atoms. The summed E-state index contributed by atoms with van der Waals surface area (Å²) in [6, 6.07) is 0.0684. The number of nitrogens with zero attached hydrogens (tertiary/aromatic N) is 3. The van der Waals surface area contributed by atoms with Crippen molar-refractivity contribution in [3.05, 3.63) is 18.2 Å². The van der Waals surface area contributed by atoms with Crippen LogP contribution in [0.1, 0.15) is 25.1 Å². The van der Waals surface area contributed by atoms with Gasteiger partial charge in [-0.3, -0.25) is 0 Å². The zero-order valence-electron chi connectivity index (χ0n) is 10.4. The predicted molar refractivity (Wildman–Crippen MR) is 65.7 cm³/mol. The molecule has 0 aliphatic carbocycles. The van der Waals surface area contributed by atoms with Crippen LogP contribution in [0.2, 0.25) is 0 Å². The van der Waals surface area contributed by atoms with Gasteiger partial charge in [0.05, 0.1) is 0 Å². The average molecular weight is 236 g/mol. The first-order chi connectivity index (χ1) is 8.27. The lowest BCUT2D eigenvalue weighted by molar-refractivity contribution is 0.186. The minimum Gasteiger partial charge on any atom is -0.338 e. The van der Waals surface area contributed by atoms with Crippen LogP contribution in [0.15, 0.2) is 12.4 Å². The number of nitrogens with one attached hydrogen (secondary N) is 1. The second-order valence-corrected chi connectivity index (χ2v) is 4.48. The van der Waals surface area contributed by atoms with Crippen LogP contribution in [0.4, 0.5) is 4.79 Å². The molecule has 1 fully saturated rings. The Hall–Kier alpha value is -1.52. The minimum absolute atomic E-state index is 0.0684. The Morgan fingerprint density at radius 1 is 1.41 bits per heavy atom. The van der Waals surface area contributed by atoms with E-state index in [1.54, 1.807) is 6.20 Å². The van der Waals surface area contributed by atoms with E-state index < -0.39 is 0 Å². The molecule has 0 unspecified atom stereocenters. The zero-order valence-corrected chi connectivity index (χ0v) is 10.4. The Morgan fingerprint density at radius 2 is 2.18 bits per heavy atom. The van der Waals surface area contributed by atoms with Crippen molar-refractivity contribution < 1.29 is 4.79 Å². The van der Waals surface area contributed by atoms with Gasteiger partial charge in [0.25, 0.3) is 0 Å². The number of piperidine rings is 1. The number of amides is 2. The molecule has 1 aromatic rings. The second kappa shape index (κ2) is 5.70. The summed E-state index contributed by atoms with van der Waals surface area (Å²) in [6.45, 7) is 2.45. The van der Waals surface area contributed by atoms with E-state index in [1.165, 1.54) is 6.42 Å². The van der Waals surface area contributed by atoms with E-state index in [9.17, 15) is 4.79 Å². The largest absolute Gasteiger partial charge is 0.338 e. The lowest BCUT2D eigenvalue weighted by Gasteiger charge is -2.26. The number of imidazole rings is 1. The van der Waals surface area contributed by atoms with Gasteiger partial charge < -0.3 is 14.8 Å². The van der Waals surface area contributed by atoms with Gasteiger partial charge in [0.1, 0.15) is 5.82 Å². The Morgan fingerprint density at radius 3 is 2.82 bits per heavy atom. The topological polar surface area (TPSA) is 50.2 Å². The molecule has 94 valence electrons. The van der Waals surface area contributed by atoms with Crippen molar-refractivity contribution in [3.63, 3.8) is 0 Å². The summed E-state index contributed by atoms with van der Waals surface area (Å²) in [5, 5.41) is 2.95. The fourth-order valence-electron chi connectivity index (χ4n) is 2.13. The molecular weight excluding hydrogens is 216 g/mol. The third-order valence-corrected chi connectivity index (χ3v) is 3.19. The van der Waals surface area contributed by atoms with Gasteiger partial charge >= 0.3 is 6.03 Å². The van der Waals surface area contributed by atoms with Gasteiger partial charge in [0.2, 0.25) is 0 Å². The molecule has 0 radical (unpaired) electrons. The Kier molecular flexibility index (Phi) is 4.01. The Bertz CT molecular complexity index is 368. The molecule has 5 heteroatoms. The van der Waals surface area contributed by atoms with Gasteiger partial charge in [0.15, 0.2) is 0 Å². The predicted octanol–water partition coefficient (Wildman–Crippen LogP) is 1.16. The highest BCUT2D eigenvalue weighted by Crippen LogP contribution is 2.08. The molecule has 1 saturated heterocycles. The van der Waals surface area contributed by atoms with Crippen molar-refractivity contribution in [2.45, 2.75) is 25.7 Å². The first-order valence-corrected chi connectivity index (χ1v) is 6.26. The van der Waals surface area contributed by atoms with Gasteiger partial charge in [0, 0.05) is 45.5 Å². The maximum atomic E-state index is 11.8. The summed E-state index contributed by atoms with van der Waals surface area (Å²) >= 11 is 0. The number of hydrogen-bond donors (Lipinski definition) is 1. The number of urea groups is 1. The van der Waals surface area contributed by atoms with Crippen LogP contribution in [0.3, 0.4) is 0 Å². The van der Waals surface area contributed by atoms with E-state index >= 15 is 0 Å². The van der Waals surface area contributed by atoms with Gasteiger partial charge in [-0.2, -0.15) is 0 Å². The average Bonchev–Trinajstić information content (AvgIpc) is 2.76. The molecule has 0 saturated carbocycles. The lowest BCUT2D eigenvalue weighted by Crippen LogP contribution is -2.43. The summed E-state index contributed by atoms with van der Waals surface area (Å²) in [5.74, 6) is 1.00. The molecule has 0 spiro atoms. The quantitative estimate of drug-likeness (QED) is 0.856. The number of carbonyl (C=O) groups excluding carboxylic acids is 1. The number of rotatable bonds is 3. The van der Waals surface area contributed by atoms with E-state index in [4.69, 9.17) is 0 Å². The summed E-state index contributed by atoms with van der Waals surface area (Å²) < 4.78 is 1.98. The molecule has 0 atom stereocenters. The fraction of sp³-hybridized carbons (Fsp3) is 0.667. The van der Waals surface area contributed by atoms with E-state index in [2.05, 4.69) is 10.3 Å². The third kappa shape index (κ3) is 3.22. The summed E-state index contributed by atoms with van der Waals surface area (Å²) in [5.41, 5.74) is 0. The number of likely N-dealkylation sites (tertiary alicyclic amines) is 1. The summed E-state index contributed by atoms with van der Waals surface area (Å²) in [4.78, 5) is 17.9. The molecule has 2 amide bonds. The smallest absolute Gasteiger partial charge is 0.317 e. The van der Waals surface area contributed by atoms with Gasteiger partial charge in [-0.05, 0) is 19.3 Å². The van der Waals surface area contributed by atoms with Crippen LogP contribution in [-0.4, -0.2) is 40.1 Å². The number of aromatic nitrogens is 2. The second-order valence-electron chi connectivity index (χ2n) is 4.48. The van der Waals surface area contributed by atoms with Crippen LogP contribution in [-0.2, 0) is 13.5 Å². The van der Waals surface area contributed by atoms with E-state index in [1.807, 2.05) is 22.7 Å². The first-order valence-electron chi connectivity index (χ1n) is 6.26. The highest BCUT2D eigenvalue weighted by atomic mass is 16.2. The van der Waals surface area contributed by atoms with Crippen LogP contribution >= 0.6 is 0 Å². The maximum Gasteiger partial charge on any atom is 0.317 e. The first kappa shape index (κ1) is 12.0. The summed E-state index contributed by atoms with van der Waals surface area (Å²) in [6.07, 6.45) is 7.99. The molecule has 2 heterocycles. The molecule has 1 aliphatic rings. The molecule has 1 aromatic heterocycles. The lowest BCUT2D eigenvalue weighted by atomic mass is 10.1. The fourth-order valence-corrected chi connectivity index (χ4v) is 2.13. The summed E-state index contributed by atoms with van der Waals surface area (Å²) in [7, 11) is 1.97. The zero-order chi connectivity index (χ0) is 12.1. The van der Waals surface area contributed by atoms with E-state index in [-0.39, 0.29) is 6.03 Å². The van der Waals surface area contributed by atoms with Crippen molar-refractivity contribution in [2.24, 2.45) is 7.05 Å².